The summed E-state index contributed by atoms with van der Waals surface area (Å²) in [4.78, 5) is 0. The van der Waals surface area contributed by atoms with Crippen molar-refractivity contribution in [2.45, 2.75) is 20.2 Å². The van der Waals surface area contributed by atoms with Crippen LogP contribution in [0.2, 0.25) is 0 Å². The SMILES string of the molecule is CC.N/C(=C\N(N)c1ccccc1OC(F)(F)F)c1ccc(OS(N)(=O)=O)cc1. The lowest BCUT2D eigenvalue weighted by Crippen LogP contribution is -2.27. The number of alkyl halides is 3. The van der Waals surface area contributed by atoms with Crippen LogP contribution in [0, 0.1) is 0 Å². The zero-order valence-electron chi connectivity index (χ0n) is 15.6. The molecule has 160 valence electrons. The summed E-state index contributed by atoms with van der Waals surface area (Å²) in [5, 5.41) is 5.62. The van der Waals surface area contributed by atoms with Crippen LogP contribution in [0.15, 0.2) is 54.7 Å². The van der Waals surface area contributed by atoms with Crippen molar-refractivity contribution in [1.29, 1.82) is 0 Å². The van der Waals surface area contributed by atoms with Gasteiger partial charge in [-0.2, -0.15) is 13.6 Å². The summed E-state index contributed by atoms with van der Waals surface area (Å²) in [6.07, 6.45) is -3.71. The average molecular weight is 434 g/mol. The van der Waals surface area contributed by atoms with Crippen LogP contribution in [-0.4, -0.2) is 14.8 Å². The maximum atomic E-state index is 12.5. The van der Waals surface area contributed by atoms with Crippen molar-refractivity contribution >= 4 is 21.7 Å². The molecule has 6 N–H and O–H groups in total. The molecular weight excluding hydrogens is 413 g/mol. The van der Waals surface area contributed by atoms with E-state index < -0.39 is 22.4 Å². The maximum absolute atomic E-state index is 12.5. The summed E-state index contributed by atoms with van der Waals surface area (Å²) < 4.78 is 67.6. The van der Waals surface area contributed by atoms with E-state index in [9.17, 15) is 21.6 Å². The summed E-state index contributed by atoms with van der Waals surface area (Å²) in [6.45, 7) is 4.00. The van der Waals surface area contributed by atoms with E-state index in [1.54, 1.807) is 0 Å². The standard InChI is InChI=1S/C15H15F3N4O4S.C2H6/c16-15(17,18)25-14-4-2-1-3-13(14)22(20)9-12(19)10-5-7-11(8-6-10)26-27(21,23)24;1-2/h1-9H,19-20H2,(H2,21,23,24);1-2H3/b12-9-;. The highest BCUT2D eigenvalue weighted by Gasteiger charge is 2.32. The van der Waals surface area contributed by atoms with Crippen LogP contribution in [0.25, 0.3) is 5.70 Å². The molecule has 8 nitrogen and oxygen atoms in total. The van der Waals surface area contributed by atoms with Crippen molar-refractivity contribution in [3.8, 4) is 11.5 Å². The minimum Gasteiger partial charge on any atom is -0.403 e. The molecule has 0 amide bonds. The molecule has 0 saturated heterocycles. The number of nitrogens with two attached hydrogens (primary N) is 3. The van der Waals surface area contributed by atoms with Gasteiger partial charge < -0.3 is 14.7 Å². The first-order valence-corrected chi connectivity index (χ1v) is 9.60. The second kappa shape index (κ2) is 10.0. The lowest BCUT2D eigenvalue weighted by molar-refractivity contribution is -0.274. The monoisotopic (exact) mass is 434 g/mol. The van der Waals surface area contributed by atoms with Crippen molar-refractivity contribution in [3.63, 3.8) is 0 Å². The molecule has 0 radical (unpaired) electrons. The van der Waals surface area contributed by atoms with E-state index >= 15 is 0 Å². The Bertz CT molecular complexity index is 932. The molecule has 0 aliphatic carbocycles. The first-order chi connectivity index (χ1) is 13.4. The van der Waals surface area contributed by atoms with Crippen LogP contribution in [0.5, 0.6) is 11.5 Å². The molecule has 0 aromatic heterocycles. The zero-order chi connectivity index (χ0) is 22.2. The third-order valence-electron chi connectivity index (χ3n) is 3.05. The minimum absolute atomic E-state index is 0.0393. The summed E-state index contributed by atoms with van der Waals surface area (Å²) in [5.41, 5.74) is 6.29. The van der Waals surface area contributed by atoms with Crippen LogP contribution in [-0.2, 0) is 10.3 Å². The lowest BCUT2D eigenvalue weighted by Gasteiger charge is -2.19. The average Bonchev–Trinajstić information content (AvgIpc) is 2.61. The third-order valence-corrected chi connectivity index (χ3v) is 3.47. The second-order valence-corrected chi connectivity index (χ2v) is 6.26. The van der Waals surface area contributed by atoms with Gasteiger partial charge in [-0.3, -0.25) is 5.01 Å². The lowest BCUT2D eigenvalue weighted by atomic mass is 10.1. The molecule has 0 spiro atoms. The number of hydrogen-bond donors (Lipinski definition) is 3. The summed E-state index contributed by atoms with van der Waals surface area (Å²) in [5.74, 6) is 5.23. The molecule has 0 atom stereocenters. The number of rotatable bonds is 6. The molecule has 2 aromatic rings. The highest BCUT2D eigenvalue weighted by molar-refractivity contribution is 7.84. The number of anilines is 1. The number of halogens is 3. The molecule has 29 heavy (non-hydrogen) atoms. The summed E-state index contributed by atoms with van der Waals surface area (Å²) in [7, 11) is -4.16. The van der Waals surface area contributed by atoms with Crippen LogP contribution < -0.4 is 30.6 Å². The Morgan fingerprint density at radius 2 is 1.62 bits per heavy atom. The van der Waals surface area contributed by atoms with E-state index in [2.05, 4.69) is 8.92 Å². The Morgan fingerprint density at radius 1 is 1.07 bits per heavy atom. The van der Waals surface area contributed by atoms with E-state index in [0.29, 0.717) is 5.56 Å². The highest BCUT2D eigenvalue weighted by Crippen LogP contribution is 2.32. The highest BCUT2D eigenvalue weighted by atomic mass is 32.2. The number of nitrogens with zero attached hydrogens (tertiary/aromatic N) is 1. The van der Waals surface area contributed by atoms with Gasteiger partial charge in [-0.25, -0.2) is 5.84 Å². The fourth-order valence-electron chi connectivity index (χ4n) is 2.01. The molecule has 2 aromatic carbocycles. The smallest absolute Gasteiger partial charge is 0.403 e. The van der Waals surface area contributed by atoms with Gasteiger partial charge in [0.25, 0.3) is 0 Å². The Balaban J connectivity index is 0.00000204. The zero-order valence-corrected chi connectivity index (χ0v) is 16.4. The van der Waals surface area contributed by atoms with Crippen molar-refractivity contribution in [2.75, 3.05) is 5.01 Å². The maximum Gasteiger partial charge on any atom is 0.573 e. The van der Waals surface area contributed by atoms with Crippen LogP contribution in [0.3, 0.4) is 0 Å². The van der Waals surface area contributed by atoms with E-state index in [0.717, 1.165) is 11.1 Å². The van der Waals surface area contributed by atoms with Gasteiger partial charge in [-0.05, 0) is 42.0 Å². The number of ether oxygens (including phenoxy) is 1. The Kier molecular flexibility index (Phi) is 8.30. The van der Waals surface area contributed by atoms with Crippen LogP contribution >= 0.6 is 0 Å². The van der Waals surface area contributed by atoms with E-state index in [4.69, 9.17) is 16.7 Å². The molecule has 0 saturated carbocycles. The predicted molar refractivity (Wildman–Crippen MR) is 103 cm³/mol. The molecule has 0 fully saturated rings. The van der Waals surface area contributed by atoms with Gasteiger partial charge >= 0.3 is 16.7 Å². The Hall–Kier alpha value is -2.96. The fraction of sp³-hybridized carbons (Fsp3) is 0.176. The molecule has 0 aliphatic heterocycles. The quantitative estimate of drug-likeness (QED) is 0.470. The second-order valence-electron chi connectivity index (χ2n) is 5.11. The number of benzene rings is 2. The number of hydrogen-bond acceptors (Lipinski definition) is 7. The van der Waals surface area contributed by atoms with Gasteiger partial charge in [-0.1, -0.05) is 26.0 Å². The summed E-state index contributed by atoms with van der Waals surface area (Å²) in [6, 6.07) is 10.7. The van der Waals surface area contributed by atoms with Crippen LogP contribution in [0.1, 0.15) is 19.4 Å². The number of hydrazine groups is 1. The molecule has 0 heterocycles. The van der Waals surface area contributed by atoms with E-state index in [1.807, 2.05) is 13.8 Å². The Labute approximate surface area is 166 Å². The Morgan fingerprint density at radius 3 is 2.14 bits per heavy atom. The third kappa shape index (κ3) is 8.29. The minimum atomic E-state index is -4.88. The van der Waals surface area contributed by atoms with Gasteiger partial charge in [0.2, 0.25) is 0 Å². The van der Waals surface area contributed by atoms with Gasteiger partial charge in [0, 0.05) is 6.20 Å². The van der Waals surface area contributed by atoms with E-state index in [1.165, 1.54) is 48.7 Å². The van der Waals surface area contributed by atoms with Crippen LogP contribution in [0.4, 0.5) is 18.9 Å². The molecule has 0 bridgehead atoms. The van der Waals surface area contributed by atoms with Gasteiger partial charge in [-0.15, -0.1) is 13.2 Å². The molecule has 0 aliphatic rings. The van der Waals surface area contributed by atoms with Gasteiger partial charge in [0.05, 0.1) is 11.4 Å². The molecule has 0 unspecified atom stereocenters. The van der Waals surface area contributed by atoms with Gasteiger partial charge in [0.15, 0.2) is 5.75 Å². The summed E-state index contributed by atoms with van der Waals surface area (Å²) >= 11 is 0. The van der Waals surface area contributed by atoms with Crippen molar-refractivity contribution < 1.29 is 30.5 Å². The normalized spacial score (nSPS) is 11.9. The first kappa shape index (κ1) is 24.1. The van der Waals surface area contributed by atoms with Crippen molar-refractivity contribution in [2.24, 2.45) is 16.7 Å². The first-order valence-electron chi connectivity index (χ1n) is 8.13. The van der Waals surface area contributed by atoms with E-state index in [-0.39, 0.29) is 17.1 Å². The molecular formula is C17H21F3N4O4S. The largest absolute Gasteiger partial charge is 0.573 e. The molecule has 2 rings (SSSR count). The van der Waals surface area contributed by atoms with Crippen molar-refractivity contribution in [3.05, 3.63) is 60.3 Å². The molecule has 12 heteroatoms. The predicted octanol–water partition coefficient (Wildman–Crippen LogP) is 2.83. The fourth-order valence-corrected chi connectivity index (χ4v) is 2.39. The topological polar surface area (TPSA) is 134 Å². The van der Waals surface area contributed by atoms with Gasteiger partial charge in [0.1, 0.15) is 5.75 Å². The number of para-hydroxylation sites is 2. The van der Waals surface area contributed by atoms with Crippen molar-refractivity contribution in [1.82, 2.24) is 0 Å².